The fourth-order valence-corrected chi connectivity index (χ4v) is 2.83. The van der Waals surface area contributed by atoms with Crippen molar-refractivity contribution in [2.45, 2.75) is 38.8 Å². The van der Waals surface area contributed by atoms with E-state index in [1.807, 2.05) is 19.9 Å². The van der Waals surface area contributed by atoms with Crippen molar-refractivity contribution in [3.8, 4) is 0 Å². The van der Waals surface area contributed by atoms with Crippen LogP contribution in [0.5, 0.6) is 0 Å². The molecule has 1 aliphatic heterocycles. The van der Waals surface area contributed by atoms with Crippen LogP contribution in [0, 0.1) is 18.6 Å². The van der Waals surface area contributed by atoms with Crippen LogP contribution >= 0.6 is 0 Å². The van der Waals surface area contributed by atoms with Gasteiger partial charge in [0.25, 0.3) is 0 Å². The van der Waals surface area contributed by atoms with Gasteiger partial charge in [-0.25, -0.2) is 18.7 Å². The number of ether oxygens (including phenoxy) is 1. The molecule has 4 nitrogen and oxygen atoms in total. The molecule has 3 rings (SSSR count). The van der Waals surface area contributed by atoms with Crippen LogP contribution in [0.2, 0.25) is 0 Å². The Morgan fingerprint density at radius 1 is 1.22 bits per heavy atom. The van der Waals surface area contributed by atoms with E-state index in [4.69, 9.17) is 4.74 Å². The lowest BCUT2D eigenvalue weighted by Crippen LogP contribution is -2.24. The minimum atomic E-state index is -0.858. The lowest BCUT2D eigenvalue weighted by Gasteiger charge is -2.21. The molecule has 0 bridgehead atoms. The smallest absolute Gasteiger partial charge is 0.159 e. The maximum atomic E-state index is 13.5. The minimum Gasteiger partial charge on any atom is -0.371 e. The molecule has 2 heterocycles. The van der Waals surface area contributed by atoms with Gasteiger partial charge < -0.3 is 10.1 Å². The Morgan fingerprint density at radius 3 is 2.78 bits per heavy atom. The van der Waals surface area contributed by atoms with E-state index in [1.54, 1.807) is 6.07 Å². The van der Waals surface area contributed by atoms with Gasteiger partial charge in [-0.2, -0.15) is 0 Å². The Morgan fingerprint density at radius 2 is 2.04 bits per heavy atom. The van der Waals surface area contributed by atoms with Gasteiger partial charge in [-0.15, -0.1) is 0 Å². The first-order chi connectivity index (χ1) is 11.1. The first kappa shape index (κ1) is 15.8. The van der Waals surface area contributed by atoms with Gasteiger partial charge in [0.15, 0.2) is 11.6 Å². The standard InChI is InChI=1S/C17H19F2N3O/c1-3-12-9-16(21-10(2)20-12)22-15-6-7-23-17(15)11-4-5-13(18)14(19)8-11/h4-5,8-9,15,17H,3,6-7H2,1-2H3,(H,20,21,22). The Labute approximate surface area is 133 Å². The van der Waals surface area contributed by atoms with Gasteiger partial charge in [0.05, 0.1) is 6.04 Å². The van der Waals surface area contributed by atoms with Crippen LogP contribution in [0.4, 0.5) is 14.6 Å². The highest BCUT2D eigenvalue weighted by atomic mass is 19.2. The van der Waals surface area contributed by atoms with Crippen LogP contribution in [-0.4, -0.2) is 22.6 Å². The first-order valence-electron chi connectivity index (χ1n) is 7.74. The van der Waals surface area contributed by atoms with Crippen molar-refractivity contribution >= 4 is 5.82 Å². The largest absolute Gasteiger partial charge is 0.371 e. The summed E-state index contributed by atoms with van der Waals surface area (Å²) in [4.78, 5) is 8.74. The fourth-order valence-electron chi connectivity index (χ4n) is 2.83. The Kier molecular flexibility index (Phi) is 4.52. The predicted molar refractivity (Wildman–Crippen MR) is 83.2 cm³/mol. The molecule has 1 saturated heterocycles. The molecule has 0 spiro atoms. The molecule has 23 heavy (non-hydrogen) atoms. The van der Waals surface area contributed by atoms with E-state index >= 15 is 0 Å². The lowest BCUT2D eigenvalue weighted by atomic mass is 10.0. The summed E-state index contributed by atoms with van der Waals surface area (Å²) in [5, 5.41) is 3.35. The van der Waals surface area contributed by atoms with Crippen LogP contribution in [0.25, 0.3) is 0 Å². The SMILES string of the molecule is CCc1cc(NC2CCOC2c2ccc(F)c(F)c2)nc(C)n1. The van der Waals surface area contributed by atoms with E-state index in [1.165, 1.54) is 6.07 Å². The summed E-state index contributed by atoms with van der Waals surface area (Å²) in [6.07, 6.45) is 1.27. The van der Waals surface area contributed by atoms with Crippen LogP contribution in [-0.2, 0) is 11.2 Å². The first-order valence-corrected chi connectivity index (χ1v) is 7.74. The predicted octanol–water partition coefficient (Wildman–Crippen LogP) is 3.57. The highest BCUT2D eigenvalue weighted by molar-refractivity contribution is 5.39. The average molecular weight is 319 g/mol. The average Bonchev–Trinajstić information content (AvgIpc) is 2.97. The van der Waals surface area contributed by atoms with Crippen LogP contribution < -0.4 is 5.32 Å². The molecule has 1 N–H and O–H groups in total. The summed E-state index contributed by atoms with van der Waals surface area (Å²) < 4.78 is 32.3. The number of aryl methyl sites for hydroxylation is 2. The van der Waals surface area contributed by atoms with Crippen molar-refractivity contribution in [2.75, 3.05) is 11.9 Å². The van der Waals surface area contributed by atoms with E-state index < -0.39 is 11.6 Å². The molecule has 0 saturated carbocycles. The third kappa shape index (κ3) is 3.47. The molecule has 2 unspecified atom stereocenters. The Balaban J connectivity index is 1.81. The number of hydrogen-bond acceptors (Lipinski definition) is 4. The van der Waals surface area contributed by atoms with E-state index in [-0.39, 0.29) is 12.1 Å². The second-order valence-corrected chi connectivity index (χ2v) is 5.65. The number of aromatic nitrogens is 2. The number of hydrogen-bond donors (Lipinski definition) is 1. The molecule has 1 aliphatic rings. The van der Waals surface area contributed by atoms with E-state index in [0.29, 0.717) is 18.0 Å². The molecule has 122 valence electrons. The van der Waals surface area contributed by atoms with Crippen LogP contribution in [0.3, 0.4) is 0 Å². The highest BCUT2D eigenvalue weighted by Gasteiger charge is 2.30. The van der Waals surface area contributed by atoms with Crippen molar-refractivity contribution in [3.05, 3.63) is 53.0 Å². The Bertz CT molecular complexity index is 708. The maximum Gasteiger partial charge on any atom is 0.159 e. The van der Waals surface area contributed by atoms with Crippen molar-refractivity contribution in [2.24, 2.45) is 0 Å². The summed E-state index contributed by atoms with van der Waals surface area (Å²) in [6.45, 7) is 4.45. The summed E-state index contributed by atoms with van der Waals surface area (Å²) in [6, 6.07) is 5.76. The fraction of sp³-hybridized carbons (Fsp3) is 0.412. The van der Waals surface area contributed by atoms with Gasteiger partial charge in [-0.1, -0.05) is 13.0 Å². The number of nitrogens with zero attached hydrogens (tertiary/aromatic N) is 2. The zero-order valence-corrected chi connectivity index (χ0v) is 13.1. The Hall–Kier alpha value is -2.08. The summed E-state index contributed by atoms with van der Waals surface area (Å²) in [7, 11) is 0. The van der Waals surface area contributed by atoms with Crippen LogP contribution in [0.1, 0.15) is 36.5 Å². The molecular weight excluding hydrogens is 300 g/mol. The molecule has 0 radical (unpaired) electrons. The van der Waals surface area contributed by atoms with Crippen molar-refractivity contribution < 1.29 is 13.5 Å². The molecule has 0 amide bonds. The third-order valence-corrected chi connectivity index (χ3v) is 3.95. The maximum absolute atomic E-state index is 13.5. The van der Waals surface area contributed by atoms with Gasteiger partial charge in [0.2, 0.25) is 0 Å². The van der Waals surface area contributed by atoms with Crippen molar-refractivity contribution in [1.82, 2.24) is 9.97 Å². The van der Waals surface area contributed by atoms with Crippen LogP contribution in [0.15, 0.2) is 24.3 Å². The lowest BCUT2D eigenvalue weighted by molar-refractivity contribution is 0.107. The van der Waals surface area contributed by atoms with Gasteiger partial charge in [-0.05, 0) is 37.5 Å². The molecule has 1 fully saturated rings. The van der Waals surface area contributed by atoms with Crippen molar-refractivity contribution in [3.63, 3.8) is 0 Å². The summed E-state index contributed by atoms with van der Waals surface area (Å²) in [5.74, 6) is -0.272. The minimum absolute atomic E-state index is 0.0427. The van der Waals surface area contributed by atoms with Gasteiger partial charge in [0, 0.05) is 18.4 Å². The van der Waals surface area contributed by atoms with E-state index in [2.05, 4.69) is 15.3 Å². The quantitative estimate of drug-likeness (QED) is 0.936. The molecule has 1 aromatic heterocycles. The zero-order valence-electron chi connectivity index (χ0n) is 13.1. The van der Waals surface area contributed by atoms with E-state index in [0.717, 1.165) is 30.4 Å². The molecule has 6 heteroatoms. The number of benzene rings is 1. The molecule has 1 aromatic carbocycles. The second kappa shape index (κ2) is 6.58. The number of rotatable bonds is 4. The molecule has 0 aliphatic carbocycles. The summed E-state index contributed by atoms with van der Waals surface area (Å²) >= 11 is 0. The number of halogens is 2. The normalized spacial score (nSPS) is 20.7. The number of nitrogens with one attached hydrogen (secondary N) is 1. The monoisotopic (exact) mass is 319 g/mol. The highest BCUT2D eigenvalue weighted by Crippen LogP contribution is 2.32. The third-order valence-electron chi connectivity index (χ3n) is 3.95. The van der Waals surface area contributed by atoms with Gasteiger partial charge in [-0.3, -0.25) is 0 Å². The van der Waals surface area contributed by atoms with Gasteiger partial charge in [0.1, 0.15) is 17.7 Å². The zero-order chi connectivity index (χ0) is 16.4. The molecular formula is C17H19F2N3O. The van der Waals surface area contributed by atoms with Crippen molar-refractivity contribution in [1.29, 1.82) is 0 Å². The second-order valence-electron chi connectivity index (χ2n) is 5.65. The molecule has 2 atom stereocenters. The number of anilines is 1. The summed E-state index contributed by atoms with van der Waals surface area (Å²) in [5.41, 5.74) is 1.59. The van der Waals surface area contributed by atoms with E-state index in [9.17, 15) is 8.78 Å². The topological polar surface area (TPSA) is 47.0 Å². The molecule has 2 aromatic rings. The van der Waals surface area contributed by atoms with Gasteiger partial charge >= 0.3 is 0 Å².